The van der Waals surface area contributed by atoms with Crippen molar-refractivity contribution >= 4 is 0 Å². The lowest BCUT2D eigenvalue weighted by atomic mass is 10.2. The lowest BCUT2D eigenvalue weighted by Crippen LogP contribution is -2.22. The first-order valence-electron chi connectivity index (χ1n) is 7.48. The zero-order chi connectivity index (χ0) is 16.6. The minimum atomic E-state index is -0.859. The van der Waals surface area contributed by atoms with E-state index in [4.69, 9.17) is 10.00 Å². The Morgan fingerprint density at radius 3 is 2.91 bits per heavy atom. The minimum Gasteiger partial charge on any atom is -0.493 e. The first kappa shape index (κ1) is 15.2. The summed E-state index contributed by atoms with van der Waals surface area (Å²) >= 11 is 0. The van der Waals surface area contributed by atoms with Gasteiger partial charge in [0.15, 0.2) is 0 Å². The number of rotatable bonds is 4. The third-order valence-corrected chi connectivity index (χ3v) is 3.89. The Labute approximate surface area is 132 Å². The first-order valence-corrected chi connectivity index (χ1v) is 7.48. The summed E-state index contributed by atoms with van der Waals surface area (Å²) in [5.74, 6) is 0.0631. The van der Waals surface area contributed by atoms with Gasteiger partial charge in [-0.1, -0.05) is 6.92 Å². The van der Waals surface area contributed by atoms with Crippen LogP contribution in [0.3, 0.4) is 0 Å². The third-order valence-electron chi connectivity index (χ3n) is 3.89. The topological polar surface area (TPSA) is 100 Å². The van der Waals surface area contributed by atoms with Crippen molar-refractivity contribution in [1.29, 1.82) is 5.26 Å². The molecule has 0 fully saturated rings. The molecular weight excluding hydrogens is 298 g/mol. The fourth-order valence-corrected chi connectivity index (χ4v) is 2.80. The number of hydrogen-bond donors (Lipinski definition) is 2. The Morgan fingerprint density at radius 1 is 1.48 bits per heavy atom. The molecule has 2 aromatic rings. The molecule has 23 heavy (non-hydrogen) atoms. The van der Waals surface area contributed by atoms with E-state index >= 15 is 0 Å². The summed E-state index contributed by atoms with van der Waals surface area (Å²) in [4.78, 5) is 12.5. The maximum atomic E-state index is 12.5. The van der Waals surface area contributed by atoms with Crippen molar-refractivity contribution in [1.82, 2.24) is 9.13 Å². The molecule has 3 rings (SSSR count). The Balaban J connectivity index is 2.18. The van der Waals surface area contributed by atoms with E-state index in [1.807, 2.05) is 13.0 Å². The van der Waals surface area contributed by atoms with Crippen molar-refractivity contribution in [3.63, 3.8) is 0 Å². The van der Waals surface area contributed by atoms with Crippen LogP contribution in [0.5, 0.6) is 11.6 Å². The van der Waals surface area contributed by atoms with Crippen molar-refractivity contribution < 1.29 is 14.9 Å². The van der Waals surface area contributed by atoms with E-state index in [1.165, 1.54) is 10.6 Å². The van der Waals surface area contributed by atoms with Gasteiger partial charge in [-0.05, 0) is 25.0 Å². The SMILES string of the molecule is CCCOc1cc(C#N)ccc1-n1c(O)c2n(c1=O)CC[C@H]2O. The number of nitrogens with zero attached hydrogens (tertiary/aromatic N) is 3. The molecule has 1 aliphatic rings. The van der Waals surface area contributed by atoms with E-state index in [2.05, 4.69) is 0 Å². The number of hydrogen-bond acceptors (Lipinski definition) is 5. The normalized spacial score (nSPS) is 16.1. The Hall–Kier alpha value is -2.72. The largest absolute Gasteiger partial charge is 0.493 e. The van der Waals surface area contributed by atoms with Gasteiger partial charge in [0.05, 0.1) is 23.9 Å². The molecule has 120 valence electrons. The average molecular weight is 315 g/mol. The molecule has 0 aliphatic carbocycles. The average Bonchev–Trinajstić information content (AvgIpc) is 3.05. The molecule has 1 atom stereocenters. The molecule has 1 aromatic heterocycles. The van der Waals surface area contributed by atoms with Crippen LogP contribution in [0.15, 0.2) is 23.0 Å². The van der Waals surface area contributed by atoms with Gasteiger partial charge in [-0.3, -0.25) is 4.57 Å². The van der Waals surface area contributed by atoms with Crippen molar-refractivity contribution in [2.45, 2.75) is 32.4 Å². The summed E-state index contributed by atoms with van der Waals surface area (Å²) in [5, 5.41) is 29.4. The van der Waals surface area contributed by atoms with Gasteiger partial charge in [-0.25, -0.2) is 9.36 Å². The molecule has 0 saturated carbocycles. The minimum absolute atomic E-state index is 0.223. The molecule has 0 unspecified atom stereocenters. The number of nitriles is 1. The lowest BCUT2D eigenvalue weighted by Gasteiger charge is -2.12. The molecule has 7 nitrogen and oxygen atoms in total. The molecule has 0 saturated heterocycles. The lowest BCUT2D eigenvalue weighted by molar-refractivity contribution is 0.175. The number of imidazole rings is 1. The maximum absolute atomic E-state index is 12.5. The number of ether oxygens (including phenoxy) is 1. The summed E-state index contributed by atoms with van der Waals surface area (Å²) in [6.07, 6.45) is 0.315. The monoisotopic (exact) mass is 315 g/mol. The van der Waals surface area contributed by atoms with Crippen LogP contribution in [-0.2, 0) is 6.54 Å². The zero-order valence-electron chi connectivity index (χ0n) is 12.7. The number of aliphatic hydroxyl groups is 1. The number of aromatic hydroxyl groups is 1. The fourth-order valence-electron chi connectivity index (χ4n) is 2.80. The zero-order valence-corrected chi connectivity index (χ0v) is 12.7. The summed E-state index contributed by atoms with van der Waals surface area (Å²) in [7, 11) is 0. The Kier molecular flexibility index (Phi) is 3.84. The van der Waals surface area contributed by atoms with E-state index in [1.54, 1.807) is 12.1 Å². The Bertz CT molecular complexity index is 844. The van der Waals surface area contributed by atoms with Crippen LogP contribution < -0.4 is 10.4 Å². The third kappa shape index (κ3) is 2.37. The van der Waals surface area contributed by atoms with E-state index in [9.17, 15) is 15.0 Å². The predicted molar refractivity (Wildman–Crippen MR) is 81.8 cm³/mol. The number of fused-ring (bicyclic) bond motifs is 1. The van der Waals surface area contributed by atoms with E-state index < -0.39 is 11.8 Å². The molecule has 1 aliphatic heterocycles. The van der Waals surface area contributed by atoms with Gasteiger partial charge in [-0.15, -0.1) is 0 Å². The fraction of sp³-hybridized carbons (Fsp3) is 0.375. The summed E-state index contributed by atoms with van der Waals surface area (Å²) in [6, 6.07) is 6.68. The van der Waals surface area contributed by atoms with Gasteiger partial charge >= 0.3 is 5.69 Å². The molecule has 0 radical (unpaired) electrons. The molecule has 0 spiro atoms. The van der Waals surface area contributed by atoms with Crippen LogP contribution in [0.1, 0.15) is 37.1 Å². The van der Waals surface area contributed by atoms with Crippen molar-refractivity contribution in [3.05, 3.63) is 39.9 Å². The molecule has 0 amide bonds. The highest BCUT2D eigenvalue weighted by molar-refractivity contribution is 5.54. The van der Waals surface area contributed by atoms with Crippen molar-refractivity contribution in [3.8, 4) is 23.4 Å². The second kappa shape index (κ2) is 5.82. The smallest absolute Gasteiger partial charge is 0.336 e. The van der Waals surface area contributed by atoms with Crippen LogP contribution in [0.2, 0.25) is 0 Å². The summed E-state index contributed by atoms with van der Waals surface area (Å²) in [5.41, 5.74) is 0.550. The van der Waals surface area contributed by atoms with E-state index in [0.29, 0.717) is 36.6 Å². The quantitative estimate of drug-likeness (QED) is 0.889. The number of benzene rings is 1. The van der Waals surface area contributed by atoms with Gasteiger partial charge < -0.3 is 14.9 Å². The molecule has 2 N–H and O–H groups in total. The van der Waals surface area contributed by atoms with Crippen LogP contribution in [0, 0.1) is 11.3 Å². The van der Waals surface area contributed by atoms with E-state index in [-0.39, 0.29) is 11.6 Å². The summed E-state index contributed by atoms with van der Waals surface area (Å²) in [6.45, 7) is 2.73. The highest BCUT2D eigenvalue weighted by Gasteiger charge is 2.31. The number of aliphatic hydroxyl groups excluding tert-OH is 1. The second-order valence-corrected chi connectivity index (χ2v) is 5.43. The molecular formula is C16H17N3O4. The van der Waals surface area contributed by atoms with E-state index in [0.717, 1.165) is 11.0 Å². The second-order valence-electron chi connectivity index (χ2n) is 5.43. The van der Waals surface area contributed by atoms with Gasteiger partial charge in [0.25, 0.3) is 0 Å². The molecule has 7 heteroatoms. The highest BCUT2D eigenvalue weighted by atomic mass is 16.5. The van der Waals surface area contributed by atoms with Gasteiger partial charge in [-0.2, -0.15) is 5.26 Å². The predicted octanol–water partition coefficient (Wildman–Crippen LogP) is 1.44. The molecule has 2 heterocycles. The van der Waals surface area contributed by atoms with Crippen LogP contribution in [-0.4, -0.2) is 26.0 Å². The molecule has 1 aromatic carbocycles. The molecule has 0 bridgehead atoms. The summed E-state index contributed by atoms with van der Waals surface area (Å²) < 4.78 is 8.10. The van der Waals surface area contributed by atoms with Gasteiger partial charge in [0, 0.05) is 12.6 Å². The number of aromatic nitrogens is 2. The Morgan fingerprint density at radius 2 is 2.26 bits per heavy atom. The van der Waals surface area contributed by atoms with Crippen molar-refractivity contribution in [2.75, 3.05) is 6.61 Å². The van der Waals surface area contributed by atoms with Gasteiger partial charge in [0.1, 0.15) is 17.5 Å². The van der Waals surface area contributed by atoms with Crippen LogP contribution in [0.4, 0.5) is 0 Å². The first-order chi connectivity index (χ1) is 11.1. The standard InChI is InChI=1S/C16H17N3O4/c1-2-7-23-13-8-10(9-17)3-4-11(13)19-15(21)14-12(20)5-6-18(14)16(19)22/h3-4,8,12,20-21H,2,5-7H2,1H3/t12-/m1/s1. The highest BCUT2D eigenvalue weighted by Crippen LogP contribution is 2.35. The van der Waals surface area contributed by atoms with Gasteiger partial charge in [0.2, 0.25) is 5.88 Å². The van der Waals surface area contributed by atoms with Crippen LogP contribution >= 0.6 is 0 Å². The van der Waals surface area contributed by atoms with Crippen LogP contribution in [0.25, 0.3) is 5.69 Å². The maximum Gasteiger partial charge on any atom is 0.336 e. The van der Waals surface area contributed by atoms with Crippen molar-refractivity contribution in [2.24, 2.45) is 0 Å².